The van der Waals surface area contributed by atoms with Crippen molar-refractivity contribution in [3.05, 3.63) is 0 Å². The highest BCUT2D eigenvalue weighted by atomic mass is 35.5. The van der Waals surface area contributed by atoms with Crippen molar-refractivity contribution in [3.8, 4) is 0 Å². The summed E-state index contributed by atoms with van der Waals surface area (Å²) in [6.07, 6.45) is 4.65. The second-order valence-electron chi connectivity index (χ2n) is 6.63. The first kappa shape index (κ1) is 16.3. The molecule has 0 bridgehead atoms. The van der Waals surface area contributed by atoms with Crippen molar-refractivity contribution in [1.29, 1.82) is 0 Å². The van der Waals surface area contributed by atoms with Gasteiger partial charge in [0.25, 0.3) is 0 Å². The van der Waals surface area contributed by atoms with Gasteiger partial charge in [-0.2, -0.15) is 0 Å². The minimum atomic E-state index is -3.16. The fourth-order valence-electron chi connectivity index (χ4n) is 2.61. The third-order valence-corrected chi connectivity index (χ3v) is 5.70. The van der Waals surface area contributed by atoms with Gasteiger partial charge in [0, 0.05) is 12.4 Å². The second-order valence-corrected chi connectivity index (χ2v) is 8.74. The van der Waals surface area contributed by atoms with E-state index in [1.54, 1.807) is 0 Å². The fourth-order valence-corrected chi connectivity index (χ4v) is 4.73. The Morgan fingerprint density at radius 3 is 2.22 bits per heavy atom. The van der Waals surface area contributed by atoms with Gasteiger partial charge in [-0.1, -0.05) is 33.6 Å². The Kier molecular flexibility index (Phi) is 5.94. The highest BCUT2D eigenvalue weighted by Gasteiger charge is 2.27. The summed E-state index contributed by atoms with van der Waals surface area (Å²) < 4.78 is 26.6. The van der Waals surface area contributed by atoms with Crippen LogP contribution in [0, 0.1) is 17.3 Å². The first-order chi connectivity index (χ1) is 8.23. The molecule has 1 aliphatic rings. The van der Waals surface area contributed by atoms with E-state index in [9.17, 15) is 8.42 Å². The average Bonchev–Trinajstić information content (AvgIpc) is 2.23. The van der Waals surface area contributed by atoms with Crippen LogP contribution in [0.5, 0.6) is 0 Å². The van der Waals surface area contributed by atoms with Gasteiger partial charge in [0.2, 0.25) is 10.0 Å². The molecular weight excluding hydrogens is 270 g/mol. The molecule has 0 aromatic heterocycles. The van der Waals surface area contributed by atoms with Crippen LogP contribution in [0.25, 0.3) is 0 Å². The quantitative estimate of drug-likeness (QED) is 0.793. The van der Waals surface area contributed by atoms with Gasteiger partial charge in [-0.05, 0) is 30.1 Å². The Labute approximate surface area is 117 Å². The molecule has 1 rings (SSSR count). The van der Waals surface area contributed by atoms with Crippen molar-refractivity contribution in [3.63, 3.8) is 0 Å². The molecule has 108 valence electrons. The first-order valence-electron chi connectivity index (χ1n) is 6.77. The molecule has 0 amide bonds. The van der Waals surface area contributed by atoms with Crippen LogP contribution in [-0.2, 0) is 10.0 Å². The molecule has 1 N–H and O–H groups in total. The van der Waals surface area contributed by atoms with Crippen molar-refractivity contribution < 1.29 is 8.42 Å². The molecule has 0 aliphatic heterocycles. The predicted molar refractivity (Wildman–Crippen MR) is 77.4 cm³/mol. The highest BCUT2D eigenvalue weighted by Crippen LogP contribution is 2.30. The van der Waals surface area contributed by atoms with Gasteiger partial charge in [-0.15, -0.1) is 11.6 Å². The number of rotatable bonds is 5. The van der Waals surface area contributed by atoms with Gasteiger partial charge in [0.15, 0.2) is 0 Å². The summed E-state index contributed by atoms with van der Waals surface area (Å²) in [6.45, 7) is 6.37. The highest BCUT2D eigenvalue weighted by molar-refractivity contribution is 7.89. The monoisotopic (exact) mass is 295 g/mol. The topological polar surface area (TPSA) is 46.2 Å². The van der Waals surface area contributed by atoms with E-state index >= 15 is 0 Å². The third kappa shape index (κ3) is 5.89. The molecule has 2 unspecified atom stereocenters. The maximum Gasteiger partial charge on any atom is 0.212 e. The maximum absolute atomic E-state index is 11.9. The van der Waals surface area contributed by atoms with Crippen LogP contribution in [0.3, 0.4) is 0 Å². The largest absolute Gasteiger partial charge is 0.215 e. The summed E-state index contributed by atoms with van der Waals surface area (Å²) >= 11 is 5.95. The van der Waals surface area contributed by atoms with E-state index in [0.29, 0.717) is 24.3 Å². The molecule has 1 fully saturated rings. The van der Waals surface area contributed by atoms with Gasteiger partial charge >= 0.3 is 0 Å². The van der Waals surface area contributed by atoms with Crippen molar-refractivity contribution in [2.24, 2.45) is 17.3 Å². The summed E-state index contributed by atoms with van der Waals surface area (Å²) in [5.41, 5.74) is -0.204. The number of sulfonamides is 1. The Morgan fingerprint density at radius 1 is 1.17 bits per heavy atom. The van der Waals surface area contributed by atoms with Crippen LogP contribution in [0.4, 0.5) is 0 Å². The molecule has 2 atom stereocenters. The van der Waals surface area contributed by atoms with Crippen LogP contribution in [0.1, 0.15) is 46.5 Å². The van der Waals surface area contributed by atoms with Gasteiger partial charge in [-0.3, -0.25) is 0 Å². The molecule has 0 aromatic rings. The van der Waals surface area contributed by atoms with Crippen molar-refractivity contribution in [1.82, 2.24) is 4.72 Å². The lowest BCUT2D eigenvalue weighted by molar-refractivity contribution is 0.260. The molecule has 0 heterocycles. The molecule has 3 nitrogen and oxygen atoms in total. The molecule has 1 saturated carbocycles. The van der Waals surface area contributed by atoms with Crippen molar-refractivity contribution >= 4 is 21.6 Å². The Hall–Kier alpha value is 0.200. The van der Waals surface area contributed by atoms with E-state index in [2.05, 4.69) is 4.72 Å². The summed E-state index contributed by atoms with van der Waals surface area (Å²) in [4.78, 5) is 0. The summed E-state index contributed by atoms with van der Waals surface area (Å²) in [7, 11) is -3.16. The van der Waals surface area contributed by atoms with Gasteiger partial charge in [0.05, 0.1) is 5.75 Å². The van der Waals surface area contributed by atoms with Crippen molar-refractivity contribution in [2.75, 3.05) is 18.2 Å². The van der Waals surface area contributed by atoms with E-state index < -0.39 is 10.0 Å². The molecular formula is C13H26ClNO2S. The Bertz CT molecular complexity index is 348. The smallest absolute Gasteiger partial charge is 0.212 e. The van der Waals surface area contributed by atoms with Crippen LogP contribution in [-0.4, -0.2) is 26.6 Å². The molecule has 0 spiro atoms. The zero-order valence-corrected chi connectivity index (χ0v) is 13.3. The number of nitrogens with one attached hydrogen (secondary N) is 1. The molecule has 0 aromatic carbocycles. The minimum absolute atomic E-state index is 0.179. The lowest BCUT2D eigenvalue weighted by atomic mass is 9.80. The van der Waals surface area contributed by atoms with Crippen molar-refractivity contribution in [2.45, 2.75) is 46.5 Å². The Morgan fingerprint density at radius 2 is 1.72 bits per heavy atom. The number of halogens is 1. The van der Waals surface area contributed by atoms with Crippen LogP contribution < -0.4 is 4.72 Å². The number of hydrogen-bond donors (Lipinski definition) is 1. The Balaban J connectivity index is 2.48. The van der Waals surface area contributed by atoms with Crippen LogP contribution in [0.15, 0.2) is 0 Å². The molecule has 5 heteroatoms. The summed E-state index contributed by atoms with van der Waals surface area (Å²) in [5, 5.41) is 0. The predicted octanol–water partition coefficient (Wildman–Crippen LogP) is 3.00. The molecule has 1 aliphatic carbocycles. The summed E-state index contributed by atoms with van der Waals surface area (Å²) in [5.74, 6) is 1.70. The average molecular weight is 296 g/mol. The summed E-state index contributed by atoms with van der Waals surface area (Å²) in [6, 6.07) is 0. The second kappa shape index (κ2) is 6.58. The zero-order chi connectivity index (χ0) is 13.8. The van der Waals surface area contributed by atoms with Gasteiger partial charge in [0.1, 0.15) is 0 Å². The van der Waals surface area contributed by atoms with Gasteiger partial charge in [-0.25, -0.2) is 13.1 Å². The van der Waals surface area contributed by atoms with E-state index in [-0.39, 0.29) is 11.2 Å². The fraction of sp³-hybridized carbons (Fsp3) is 1.00. The van der Waals surface area contributed by atoms with Crippen LogP contribution in [0.2, 0.25) is 0 Å². The SMILES string of the molecule is CC(C)(C)CS(=O)(=O)NCC1CCCCC1CCl. The zero-order valence-electron chi connectivity index (χ0n) is 11.7. The first-order valence-corrected chi connectivity index (χ1v) is 8.95. The number of hydrogen-bond acceptors (Lipinski definition) is 2. The lowest BCUT2D eigenvalue weighted by Gasteiger charge is -2.30. The van der Waals surface area contributed by atoms with Gasteiger partial charge < -0.3 is 0 Å². The maximum atomic E-state index is 11.9. The van der Waals surface area contributed by atoms with E-state index in [1.165, 1.54) is 12.8 Å². The normalized spacial score (nSPS) is 26.2. The molecule has 18 heavy (non-hydrogen) atoms. The van der Waals surface area contributed by atoms with E-state index in [1.807, 2.05) is 20.8 Å². The third-order valence-electron chi connectivity index (χ3n) is 3.45. The van der Waals surface area contributed by atoms with E-state index in [0.717, 1.165) is 12.8 Å². The number of alkyl halides is 1. The van der Waals surface area contributed by atoms with E-state index in [4.69, 9.17) is 11.6 Å². The van der Waals surface area contributed by atoms with Crippen LogP contribution >= 0.6 is 11.6 Å². The lowest BCUT2D eigenvalue weighted by Crippen LogP contribution is -2.38. The minimum Gasteiger partial charge on any atom is -0.215 e. The molecule has 0 radical (unpaired) electrons. The molecule has 0 saturated heterocycles. The standard InChI is InChI=1S/C13H26ClNO2S/c1-13(2,3)10-18(16,17)15-9-12-7-5-4-6-11(12)8-14/h11-12,15H,4-10H2,1-3H3.